The van der Waals surface area contributed by atoms with Crippen molar-refractivity contribution in [3.05, 3.63) is 0 Å². The molecule has 0 aliphatic carbocycles. The summed E-state index contributed by atoms with van der Waals surface area (Å²) in [7, 11) is 0. The molecule has 1 unspecified atom stereocenters. The minimum atomic E-state index is -1.25. The van der Waals surface area contributed by atoms with Crippen molar-refractivity contribution < 1.29 is 25.2 Å². The Labute approximate surface area is 318 Å². The predicted molar refractivity (Wildman–Crippen MR) is 219 cm³/mol. The lowest BCUT2D eigenvalue weighted by Gasteiger charge is -2.27. The summed E-state index contributed by atoms with van der Waals surface area (Å²) < 4.78 is 0. The Morgan fingerprint density at radius 1 is 0.451 bits per heavy atom. The quantitative estimate of drug-likeness (QED) is 0.0403. The van der Waals surface area contributed by atoms with Crippen LogP contribution in [0.15, 0.2) is 0 Å². The van der Waals surface area contributed by atoms with Gasteiger partial charge in [-0.05, 0) is 18.8 Å². The van der Waals surface area contributed by atoms with Gasteiger partial charge < -0.3 is 25.7 Å². The third kappa shape index (κ3) is 34.8. The molecular formula is C45H91NO5. The Bertz CT molecular complexity index is 704. The molecule has 0 rings (SSSR count). The highest BCUT2D eigenvalue weighted by Gasteiger charge is 2.28. The van der Waals surface area contributed by atoms with Gasteiger partial charge in [-0.1, -0.05) is 233 Å². The van der Waals surface area contributed by atoms with Crippen LogP contribution < -0.4 is 5.32 Å². The number of amides is 1. The van der Waals surface area contributed by atoms with E-state index in [0.29, 0.717) is 12.8 Å². The zero-order valence-electron chi connectivity index (χ0n) is 34.5. The second kappa shape index (κ2) is 39.0. The van der Waals surface area contributed by atoms with E-state index >= 15 is 0 Å². The molecule has 0 saturated carbocycles. The average molecular weight is 726 g/mol. The first-order valence-electron chi connectivity index (χ1n) is 22.8. The minimum absolute atomic E-state index is 0.375. The zero-order chi connectivity index (χ0) is 37.6. The highest BCUT2D eigenvalue weighted by Crippen LogP contribution is 2.18. The molecule has 0 fully saturated rings. The van der Waals surface area contributed by atoms with E-state index in [4.69, 9.17) is 0 Å². The third-order valence-electron chi connectivity index (χ3n) is 11.0. The van der Waals surface area contributed by atoms with Gasteiger partial charge in [0, 0.05) is 0 Å². The van der Waals surface area contributed by atoms with Crippen LogP contribution in [0, 0.1) is 5.92 Å². The normalized spacial score (nSPS) is 14.2. The van der Waals surface area contributed by atoms with Crippen LogP contribution in [0.25, 0.3) is 0 Å². The van der Waals surface area contributed by atoms with Gasteiger partial charge in [-0.15, -0.1) is 0 Å². The van der Waals surface area contributed by atoms with Crippen LogP contribution in [0.5, 0.6) is 0 Å². The molecule has 0 aliphatic rings. The topological polar surface area (TPSA) is 110 Å². The maximum absolute atomic E-state index is 12.5. The maximum Gasteiger partial charge on any atom is 0.249 e. The lowest BCUT2D eigenvalue weighted by atomic mass is 9.99. The molecule has 306 valence electrons. The predicted octanol–water partition coefficient (Wildman–Crippen LogP) is 11.9. The summed E-state index contributed by atoms with van der Waals surface area (Å²) in [6.45, 7) is 6.36. The molecule has 1 amide bonds. The lowest BCUT2D eigenvalue weighted by Crippen LogP contribution is -2.53. The summed E-state index contributed by atoms with van der Waals surface area (Å²) in [5, 5.41) is 43.6. The molecule has 6 heteroatoms. The fourth-order valence-corrected chi connectivity index (χ4v) is 7.35. The number of hydrogen-bond donors (Lipinski definition) is 5. The maximum atomic E-state index is 12.5. The van der Waals surface area contributed by atoms with Crippen LogP contribution in [0.3, 0.4) is 0 Å². The summed E-state index contributed by atoms with van der Waals surface area (Å²) in [5.41, 5.74) is 0. The monoisotopic (exact) mass is 726 g/mol. The van der Waals surface area contributed by atoms with E-state index in [2.05, 4.69) is 26.1 Å². The first-order chi connectivity index (χ1) is 24.8. The Morgan fingerprint density at radius 3 is 1.06 bits per heavy atom. The first kappa shape index (κ1) is 50.3. The number of carbonyl (C=O) groups excluding carboxylic acids is 1. The van der Waals surface area contributed by atoms with E-state index in [1.165, 1.54) is 173 Å². The van der Waals surface area contributed by atoms with Crippen molar-refractivity contribution in [2.75, 3.05) is 6.61 Å². The van der Waals surface area contributed by atoms with Gasteiger partial charge in [0.2, 0.25) is 5.91 Å². The Morgan fingerprint density at radius 2 is 0.745 bits per heavy atom. The van der Waals surface area contributed by atoms with Crippen molar-refractivity contribution >= 4 is 5.91 Å². The van der Waals surface area contributed by atoms with Crippen LogP contribution in [0.4, 0.5) is 0 Å². The van der Waals surface area contributed by atoms with E-state index < -0.39 is 36.9 Å². The van der Waals surface area contributed by atoms with Crippen molar-refractivity contribution in [1.82, 2.24) is 5.32 Å². The molecular weight excluding hydrogens is 634 g/mol. The SMILES string of the molecule is CCCCCCCCCCCCCCCCCCCCCCCCCCC(O)C(=O)N[C@@H](CO)[C@H](O)[C@H](O)CCCCCCCCCCC(C)C. The molecule has 6 nitrogen and oxygen atoms in total. The molecule has 0 aliphatic heterocycles. The smallest absolute Gasteiger partial charge is 0.249 e. The summed E-state index contributed by atoms with van der Waals surface area (Å²) >= 11 is 0. The van der Waals surface area contributed by atoms with Gasteiger partial charge in [0.1, 0.15) is 12.2 Å². The Balaban J connectivity index is 3.62. The molecule has 0 heterocycles. The van der Waals surface area contributed by atoms with Gasteiger partial charge in [0.25, 0.3) is 0 Å². The number of hydrogen-bond acceptors (Lipinski definition) is 5. The van der Waals surface area contributed by atoms with Crippen molar-refractivity contribution in [2.24, 2.45) is 5.92 Å². The van der Waals surface area contributed by atoms with Gasteiger partial charge in [0.05, 0.1) is 18.8 Å². The number of carbonyl (C=O) groups is 1. The standard InChI is InChI=1S/C45H91NO5/c1-4-5-6-7-8-9-10-11-12-13-14-15-16-17-18-19-20-21-22-23-24-29-32-35-38-43(49)45(51)46-41(39-47)44(50)42(48)37-34-31-28-26-25-27-30-33-36-40(2)3/h40-44,47-50H,4-39H2,1-3H3,(H,46,51)/t41-,42+,43?,44-/m0/s1. The van der Waals surface area contributed by atoms with E-state index in [1.807, 2.05) is 0 Å². The highest BCUT2D eigenvalue weighted by atomic mass is 16.3. The lowest BCUT2D eigenvalue weighted by molar-refractivity contribution is -0.132. The van der Waals surface area contributed by atoms with Crippen LogP contribution in [0.1, 0.15) is 245 Å². The molecule has 0 aromatic rings. The second-order valence-corrected chi connectivity index (χ2v) is 16.6. The van der Waals surface area contributed by atoms with Crippen molar-refractivity contribution in [3.8, 4) is 0 Å². The summed E-state index contributed by atoms with van der Waals surface area (Å²) in [5.74, 6) is 0.209. The average Bonchev–Trinajstić information content (AvgIpc) is 3.12. The van der Waals surface area contributed by atoms with Gasteiger partial charge >= 0.3 is 0 Å². The zero-order valence-corrected chi connectivity index (χ0v) is 34.5. The van der Waals surface area contributed by atoms with Crippen molar-refractivity contribution in [3.63, 3.8) is 0 Å². The molecule has 4 atom stereocenters. The number of unbranched alkanes of at least 4 members (excludes halogenated alkanes) is 30. The van der Waals surface area contributed by atoms with Gasteiger partial charge in [0.15, 0.2) is 0 Å². The molecule has 5 N–H and O–H groups in total. The molecule has 0 bridgehead atoms. The molecule has 0 saturated heterocycles. The number of nitrogens with one attached hydrogen (secondary N) is 1. The van der Waals surface area contributed by atoms with Crippen molar-refractivity contribution in [1.29, 1.82) is 0 Å². The largest absolute Gasteiger partial charge is 0.394 e. The number of rotatable bonds is 41. The molecule has 51 heavy (non-hydrogen) atoms. The Kier molecular flexibility index (Phi) is 38.5. The number of aliphatic hydroxyl groups excluding tert-OH is 4. The first-order valence-corrected chi connectivity index (χ1v) is 22.8. The fraction of sp³-hybridized carbons (Fsp3) is 0.978. The molecule has 0 aromatic carbocycles. The summed E-state index contributed by atoms with van der Waals surface area (Å²) in [6.07, 6.45) is 40.1. The van der Waals surface area contributed by atoms with E-state index in [-0.39, 0.29) is 0 Å². The second-order valence-electron chi connectivity index (χ2n) is 16.6. The van der Waals surface area contributed by atoms with Crippen LogP contribution in [-0.4, -0.2) is 57.3 Å². The minimum Gasteiger partial charge on any atom is -0.394 e. The fourth-order valence-electron chi connectivity index (χ4n) is 7.35. The van der Waals surface area contributed by atoms with Crippen LogP contribution >= 0.6 is 0 Å². The van der Waals surface area contributed by atoms with E-state index in [0.717, 1.165) is 44.4 Å². The molecule has 0 spiro atoms. The molecule has 0 radical (unpaired) electrons. The molecule has 0 aromatic heterocycles. The third-order valence-corrected chi connectivity index (χ3v) is 11.0. The van der Waals surface area contributed by atoms with Gasteiger partial charge in [-0.25, -0.2) is 0 Å². The Hall–Kier alpha value is -0.690. The highest BCUT2D eigenvalue weighted by molar-refractivity contribution is 5.80. The summed E-state index contributed by atoms with van der Waals surface area (Å²) in [4.78, 5) is 12.5. The summed E-state index contributed by atoms with van der Waals surface area (Å²) in [6, 6.07) is -0.979. The van der Waals surface area contributed by atoms with Gasteiger partial charge in [-0.3, -0.25) is 4.79 Å². The van der Waals surface area contributed by atoms with Crippen molar-refractivity contribution in [2.45, 2.75) is 270 Å². The van der Waals surface area contributed by atoms with Crippen LogP contribution in [0.2, 0.25) is 0 Å². The number of aliphatic hydroxyl groups is 4. The van der Waals surface area contributed by atoms with Gasteiger partial charge in [-0.2, -0.15) is 0 Å². The van der Waals surface area contributed by atoms with E-state index in [9.17, 15) is 25.2 Å². The van der Waals surface area contributed by atoms with Crippen LogP contribution in [-0.2, 0) is 4.79 Å². The van der Waals surface area contributed by atoms with E-state index in [1.54, 1.807) is 0 Å².